The minimum atomic E-state index is -0.491. The molecule has 0 fully saturated rings. The summed E-state index contributed by atoms with van der Waals surface area (Å²) in [5, 5.41) is 3.31. The summed E-state index contributed by atoms with van der Waals surface area (Å²) in [4.78, 5) is 12.5. The van der Waals surface area contributed by atoms with Gasteiger partial charge < -0.3 is 20.5 Å². The van der Waals surface area contributed by atoms with Crippen molar-refractivity contribution in [2.45, 2.75) is 33.2 Å². The van der Waals surface area contributed by atoms with E-state index in [1.54, 1.807) is 12.1 Å². The Kier molecular flexibility index (Phi) is 8.74. The Balaban J connectivity index is 0.00000484. The summed E-state index contributed by atoms with van der Waals surface area (Å²) in [5.74, 6) is 0.818. The zero-order chi connectivity index (χ0) is 16.9. The lowest BCUT2D eigenvalue weighted by molar-refractivity contribution is 0.0883. The van der Waals surface area contributed by atoms with Gasteiger partial charge in [0.2, 0.25) is 0 Å². The van der Waals surface area contributed by atoms with Crippen LogP contribution in [0.4, 0.5) is 0 Å². The van der Waals surface area contributed by atoms with Crippen LogP contribution in [0.2, 0.25) is 5.02 Å². The van der Waals surface area contributed by atoms with Crippen LogP contribution in [-0.2, 0) is 0 Å². The van der Waals surface area contributed by atoms with E-state index in [-0.39, 0.29) is 24.2 Å². The van der Waals surface area contributed by atoms with Crippen molar-refractivity contribution in [1.82, 2.24) is 5.32 Å². The van der Waals surface area contributed by atoms with Crippen LogP contribution in [0.5, 0.6) is 11.5 Å². The lowest BCUT2D eigenvalue weighted by atomic mass is 9.88. The highest BCUT2D eigenvalue weighted by molar-refractivity contribution is 6.32. The second kappa shape index (κ2) is 9.21. The quantitative estimate of drug-likeness (QED) is 0.778. The largest absolute Gasteiger partial charge is 0.493 e. The highest BCUT2D eigenvalue weighted by atomic mass is 35.5. The fourth-order valence-electron chi connectivity index (χ4n) is 1.90. The Labute approximate surface area is 149 Å². The molecule has 0 aliphatic carbocycles. The van der Waals surface area contributed by atoms with Crippen LogP contribution in [0.15, 0.2) is 12.1 Å². The van der Waals surface area contributed by atoms with Crippen molar-refractivity contribution < 1.29 is 14.3 Å². The maximum atomic E-state index is 12.5. The number of benzene rings is 1. The Bertz CT molecular complexity index is 538. The normalized spacial score (nSPS) is 13.0. The molecule has 5 nitrogen and oxygen atoms in total. The number of carbonyl (C=O) groups is 1. The van der Waals surface area contributed by atoms with Crippen LogP contribution in [0.3, 0.4) is 0 Å². The molecule has 0 saturated carbocycles. The average Bonchev–Trinajstić information content (AvgIpc) is 2.48. The number of hydrogen-bond acceptors (Lipinski definition) is 4. The second-order valence-corrected chi connectivity index (χ2v) is 6.06. The maximum absolute atomic E-state index is 12.5. The first kappa shape index (κ1) is 21.8. The molecule has 1 amide bonds. The smallest absolute Gasteiger partial charge is 0.251 e. The van der Waals surface area contributed by atoms with Gasteiger partial charge in [0.05, 0.1) is 24.3 Å². The molecule has 1 aromatic carbocycles. The predicted molar refractivity (Wildman–Crippen MR) is 96.2 cm³/mol. The Morgan fingerprint density at radius 2 is 2.04 bits per heavy atom. The average molecular weight is 365 g/mol. The van der Waals surface area contributed by atoms with E-state index in [0.717, 1.165) is 0 Å². The highest BCUT2D eigenvalue weighted by Crippen LogP contribution is 2.36. The van der Waals surface area contributed by atoms with Gasteiger partial charge in [0.15, 0.2) is 11.5 Å². The number of halogens is 2. The Morgan fingerprint density at radius 3 is 2.48 bits per heavy atom. The number of rotatable bonds is 7. The van der Waals surface area contributed by atoms with Crippen molar-refractivity contribution in [2.75, 3.05) is 20.3 Å². The van der Waals surface area contributed by atoms with E-state index in [9.17, 15) is 4.79 Å². The summed E-state index contributed by atoms with van der Waals surface area (Å²) in [6.07, 6.45) is 0. The van der Waals surface area contributed by atoms with E-state index in [4.69, 9.17) is 26.8 Å². The molecule has 23 heavy (non-hydrogen) atoms. The summed E-state index contributed by atoms with van der Waals surface area (Å²) in [5.41, 5.74) is 5.72. The van der Waals surface area contributed by atoms with Crippen LogP contribution in [0.25, 0.3) is 0 Å². The second-order valence-electron chi connectivity index (χ2n) is 5.65. The fourth-order valence-corrected chi connectivity index (χ4v) is 2.16. The molecule has 132 valence electrons. The van der Waals surface area contributed by atoms with Gasteiger partial charge in [-0.15, -0.1) is 12.4 Å². The van der Waals surface area contributed by atoms with E-state index >= 15 is 0 Å². The first-order valence-corrected chi connectivity index (χ1v) is 7.69. The topological polar surface area (TPSA) is 73.6 Å². The van der Waals surface area contributed by atoms with E-state index < -0.39 is 5.54 Å². The molecule has 1 unspecified atom stereocenters. The van der Waals surface area contributed by atoms with Crippen LogP contribution in [-0.4, -0.2) is 31.7 Å². The van der Waals surface area contributed by atoms with Gasteiger partial charge in [-0.3, -0.25) is 4.79 Å². The first-order chi connectivity index (χ1) is 10.3. The number of ether oxygens (including phenoxy) is 2. The maximum Gasteiger partial charge on any atom is 0.251 e. The third kappa shape index (κ3) is 5.16. The van der Waals surface area contributed by atoms with E-state index in [1.165, 1.54) is 7.11 Å². The minimum Gasteiger partial charge on any atom is -0.493 e. The lowest BCUT2D eigenvalue weighted by Crippen LogP contribution is -2.55. The number of amides is 1. The number of nitrogens with one attached hydrogen (secondary N) is 1. The van der Waals surface area contributed by atoms with E-state index in [1.807, 2.05) is 27.7 Å². The van der Waals surface area contributed by atoms with E-state index in [2.05, 4.69) is 5.32 Å². The highest BCUT2D eigenvalue weighted by Gasteiger charge is 2.29. The number of carbonyl (C=O) groups excluding carboxylic acids is 1. The van der Waals surface area contributed by atoms with Crippen LogP contribution in [0, 0.1) is 5.92 Å². The molecule has 0 radical (unpaired) electrons. The van der Waals surface area contributed by atoms with Crippen LogP contribution in [0.1, 0.15) is 38.1 Å². The van der Waals surface area contributed by atoms with Crippen molar-refractivity contribution in [3.05, 3.63) is 22.7 Å². The summed E-state index contributed by atoms with van der Waals surface area (Å²) < 4.78 is 10.7. The van der Waals surface area contributed by atoms with Crippen LogP contribution >= 0.6 is 24.0 Å². The molecule has 0 aromatic heterocycles. The lowest BCUT2D eigenvalue weighted by Gasteiger charge is -2.33. The summed E-state index contributed by atoms with van der Waals surface area (Å²) in [7, 11) is 1.51. The zero-order valence-corrected chi connectivity index (χ0v) is 15.8. The molecule has 1 atom stereocenters. The van der Waals surface area contributed by atoms with Crippen molar-refractivity contribution in [3.8, 4) is 11.5 Å². The van der Waals surface area contributed by atoms with Gasteiger partial charge >= 0.3 is 0 Å². The van der Waals surface area contributed by atoms with E-state index in [0.29, 0.717) is 35.2 Å². The van der Waals surface area contributed by atoms with Crippen molar-refractivity contribution in [2.24, 2.45) is 11.7 Å². The molecule has 1 rings (SSSR count). The number of nitrogens with two attached hydrogens (primary N) is 1. The third-order valence-corrected chi connectivity index (χ3v) is 4.16. The third-order valence-electron chi connectivity index (χ3n) is 3.88. The zero-order valence-electron chi connectivity index (χ0n) is 14.2. The van der Waals surface area contributed by atoms with Gasteiger partial charge in [-0.2, -0.15) is 0 Å². The van der Waals surface area contributed by atoms with Crippen LogP contribution < -0.4 is 20.5 Å². The van der Waals surface area contributed by atoms with Crippen molar-refractivity contribution in [1.29, 1.82) is 0 Å². The molecule has 0 heterocycles. The van der Waals surface area contributed by atoms with Gasteiger partial charge in [-0.05, 0) is 31.9 Å². The monoisotopic (exact) mass is 364 g/mol. The van der Waals surface area contributed by atoms with Gasteiger partial charge in [-0.25, -0.2) is 0 Å². The molecule has 0 saturated heterocycles. The molecule has 0 bridgehead atoms. The van der Waals surface area contributed by atoms with Crippen molar-refractivity contribution >= 4 is 29.9 Å². The van der Waals surface area contributed by atoms with Gasteiger partial charge in [0.1, 0.15) is 0 Å². The van der Waals surface area contributed by atoms with Crippen molar-refractivity contribution in [3.63, 3.8) is 0 Å². The Morgan fingerprint density at radius 1 is 1.43 bits per heavy atom. The van der Waals surface area contributed by atoms with Gasteiger partial charge in [-0.1, -0.05) is 25.4 Å². The number of methoxy groups -OCH3 is 1. The summed E-state index contributed by atoms with van der Waals surface area (Å²) >= 11 is 6.19. The summed E-state index contributed by atoms with van der Waals surface area (Å²) in [6.45, 7) is 8.60. The molecular weight excluding hydrogens is 339 g/mol. The number of hydrogen-bond donors (Lipinski definition) is 2. The molecule has 7 heteroatoms. The predicted octanol–water partition coefficient (Wildman–Crippen LogP) is 3.27. The molecular formula is C16H26Cl2N2O3. The standard InChI is InChI=1S/C16H25ClN2O3.ClH/c1-6-22-14-12(17)7-11(8-13(14)21-5)15(20)19-16(4,9-18)10(2)3;/h7-8,10H,6,9,18H2,1-5H3,(H,19,20);1H. The first-order valence-electron chi connectivity index (χ1n) is 7.32. The minimum absolute atomic E-state index is 0. The fraction of sp³-hybridized carbons (Fsp3) is 0.562. The molecule has 0 aliphatic heterocycles. The SMILES string of the molecule is CCOc1c(Cl)cc(C(=O)NC(C)(CN)C(C)C)cc1OC.Cl. The molecule has 1 aromatic rings. The molecule has 3 N–H and O–H groups in total. The molecule has 0 spiro atoms. The van der Waals surface area contributed by atoms with Gasteiger partial charge in [0, 0.05) is 12.1 Å². The Hall–Kier alpha value is -1.17. The summed E-state index contributed by atoms with van der Waals surface area (Å²) in [6, 6.07) is 3.19. The van der Waals surface area contributed by atoms with Gasteiger partial charge in [0.25, 0.3) is 5.91 Å². The molecule has 0 aliphatic rings.